The van der Waals surface area contributed by atoms with Gasteiger partial charge in [0.15, 0.2) is 0 Å². The number of nitrogen functional groups attached to an aromatic ring is 1. The predicted molar refractivity (Wildman–Crippen MR) is 132 cm³/mol. The van der Waals surface area contributed by atoms with Crippen molar-refractivity contribution in [3.05, 3.63) is 72.3 Å². The van der Waals surface area contributed by atoms with E-state index in [1.165, 1.54) is 45.3 Å². The van der Waals surface area contributed by atoms with Crippen LogP contribution in [-0.2, 0) is 11.3 Å². The number of aryl methyl sites for hydroxylation is 1. The number of thioether (sulfide) groups is 1. The molecule has 0 spiro atoms. The van der Waals surface area contributed by atoms with Gasteiger partial charge in [-0.3, -0.25) is 0 Å². The molecule has 0 bridgehead atoms. The number of aromatic nitrogens is 1. The van der Waals surface area contributed by atoms with E-state index >= 15 is 0 Å². The lowest BCUT2D eigenvalue weighted by atomic mass is 10.1. The molecule has 0 saturated carbocycles. The first-order valence-corrected chi connectivity index (χ1v) is 11.6. The van der Waals surface area contributed by atoms with E-state index in [0.717, 1.165) is 17.8 Å². The first kappa shape index (κ1) is 22.2. The number of benzene rings is 3. The number of hydrogen-bond acceptors (Lipinski definition) is 4. The van der Waals surface area contributed by atoms with Crippen LogP contribution in [0.2, 0.25) is 0 Å². The molecule has 0 atom stereocenters. The number of para-hydroxylation sites is 1. The van der Waals surface area contributed by atoms with E-state index in [2.05, 4.69) is 76.8 Å². The Morgan fingerprint density at radius 2 is 1.57 bits per heavy atom. The first-order chi connectivity index (χ1) is 14.7. The Balaban J connectivity index is 0.000000589. The third kappa shape index (κ3) is 5.17. The van der Waals surface area contributed by atoms with E-state index in [0.29, 0.717) is 6.61 Å². The van der Waals surface area contributed by atoms with Crippen LogP contribution in [0.3, 0.4) is 0 Å². The molecule has 4 rings (SSSR count). The monoisotopic (exact) mass is 421 g/mol. The molecule has 0 amide bonds. The highest BCUT2D eigenvalue weighted by Gasteiger charge is 2.12. The Morgan fingerprint density at radius 1 is 0.867 bits per heavy atom. The fourth-order valence-corrected chi connectivity index (χ4v) is 4.39. The number of fused-ring (bicyclic) bond motifs is 3. The minimum absolute atomic E-state index is 0.597. The topological polar surface area (TPSA) is 66.2 Å². The van der Waals surface area contributed by atoms with Gasteiger partial charge >= 0.3 is 0 Å². The Hall–Kier alpha value is -2.47. The lowest BCUT2D eigenvalue weighted by Crippen LogP contribution is -1.95. The van der Waals surface area contributed by atoms with Gasteiger partial charge in [-0.25, -0.2) is 5.90 Å². The molecule has 3 aromatic carbocycles. The van der Waals surface area contributed by atoms with Gasteiger partial charge in [0.25, 0.3) is 0 Å². The summed E-state index contributed by atoms with van der Waals surface area (Å²) < 4.78 is 2.33. The molecule has 4 N–H and O–H groups in total. The molecule has 0 radical (unpaired) electrons. The summed E-state index contributed by atoms with van der Waals surface area (Å²) >= 11 is 2.04. The van der Waals surface area contributed by atoms with Gasteiger partial charge in [-0.1, -0.05) is 31.2 Å². The van der Waals surface area contributed by atoms with Crippen molar-refractivity contribution in [1.29, 1.82) is 0 Å². The zero-order chi connectivity index (χ0) is 21.3. The van der Waals surface area contributed by atoms with E-state index in [4.69, 9.17) is 5.73 Å². The minimum Gasteiger partial charge on any atom is -0.399 e. The average Bonchev–Trinajstić information content (AvgIpc) is 3.11. The molecule has 0 aliphatic heterocycles. The van der Waals surface area contributed by atoms with Gasteiger partial charge in [0.1, 0.15) is 0 Å². The molecule has 1 aromatic heterocycles. The fourth-order valence-electron chi connectivity index (χ4n) is 3.51. The van der Waals surface area contributed by atoms with Crippen LogP contribution in [0.1, 0.15) is 25.8 Å². The van der Waals surface area contributed by atoms with Crippen LogP contribution in [0, 0.1) is 0 Å². The molecular weight excluding hydrogens is 390 g/mol. The predicted octanol–water partition coefficient (Wildman–Crippen LogP) is 5.95. The van der Waals surface area contributed by atoms with Gasteiger partial charge in [0.2, 0.25) is 0 Å². The van der Waals surface area contributed by atoms with Gasteiger partial charge in [0, 0.05) is 22.1 Å². The minimum atomic E-state index is 0.597. The van der Waals surface area contributed by atoms with Gasteiger partial charge in [-0.2, -0.15) is 11.8 Å². The summed E-state index contributed by atoms with van der Waals surface area (Å²) in [4.78, 5) is 4.04. The van der Waals surface area contributed by atoms with Gasteiger partial charge < -0.3 is 15.1 Å². The summed E-state index contributed by atoms with van der Waals surface area (Å²) in [5, 5.41) is 2.64. The second kappa shape index (κ2) is 11.1. The van der Waals surface area contributed by atoms with E-state index in [9.17, 15) is 0 Å². The summed E-state index contributed by atoms with van der Waals surface area (Å²) in [7, 11) is 0. The molecule has 0 aliphatic rings. The van der Waals surface area contributed by atoms with Crippen LogP contribution < -0.4 is 11.6 Å². The highest BCUT2D eigenvalue weighted by atomic mass is 32.2. The van der Waals surface area contributed by atoms with Crippen molar-refractivity contribution in [2.24, 2.45) is 5.90 Å². The summed E-state index contributed by atoms with van der Waals surface area (Å²) in [6.45, 7) is 4.67. The maximum Gasteiger partial charge on any atom is 0.0651 e. The molecule has 4 nitrogen and oxygen atoms in total. The maximum absolute atomic E-state index is 5.88. The second-order valence-corrected chi connectivity index (χ2v) is 8.34. The molecular formula is C25H31N3OS. The molecule has 30 heavy (non-hydrogen) atoms. The SMILES string of the molecule is CCCSCCc1ccc2c(c1)c1ccccc1n2-c1ccc(N)cc1.CCON. The van der Waals surface area contributed by atoms with Crippen molar-refractivity contribution >= 4 is 39.3 Å². The number of anilines is 1. The Bertz CT molecular complexity index is 1070. The zero-order valence-electron chi connectivity index (χ0n) is 17.8. The van der Waals surface area contributed by atoms with Crippen molar-refractivity contribution in [3.8, 4) is 5.69 Å². The molecule has 0 fully saturated rings. The average molecular weight is 422 g/mol. The second-order valence-electron chi connectivity index (χ2n) is 7.11. The smallest absolute Gasteiger partial charge is 0.0651 e. The molecule has 158 valence electrons. The molecule has 1 heterocycles. The van der Waals surface area contributed by atoms with Crippen LogP contribution >= 0.6 is 11.8 Å². The molecule has 4 aromatic rings. The first-order valence-electron chi connectivity index (χ1n) is 10.5. The van der Waals surface area contributed by atoms with Crippen LogP contribution in [0.5, 0.6) is 0 Å². The van der Waals surface area contributed by atoms with Gasteiger partial charge in [-0.15, -0.1) is 0 Å². The summed E-state index contributed by atoms with van der Waals surface area (Å²) in [5.74, 6) is 6.97. The third-order valence-electron chi connectivity index (χ3n) is 4.94. The van der Waals surface area contributed by atoms with E-state index in [1.54, 1.807) is 0 Å². The lowest BCUT2D eigenvalue weighted by Gasteiger charge is -2.08. The van der Waals surface area contributed by atoms with Crippen LogP contribution in [0.25, 0.3) is 27.5 Å². The Morgan fingerprint density at radius 3 is 2.27 bits per heavy atom. The molecule has 5 heteroatoms. The Kier molecular flexibility index (Phi) is 8.20. The standard InChI is InChI=1S/C23H24N2S.C2H7NO/c1-2-14-26-15-13-17-7-12-23-21(16-17)20-5-3-4-6-22(20)25(23)19-10-8-18(24)9-11-19;1-2-4-3/h3-12,16H,2,13-15,24H2,1H3;2-3H2,1H3. The zero-order valence-corrected chi connectivity index (χ0v) is 18.6. The lowest BCUT2D eigenvalue weighted by molar-refractivity contribution is 0.152. The number of nitrogens with two attached hydrogens (primary N) is 2. The number of rotatable bonds is 7. The van der Waals surface area contributed by atoms with Crippen LogP contribution in [0.15, 0.2) is 66.7 Å². The summed E-state index contributed by atoms with van der Waals surface area (Å²) in [6, 6.07) is 23.7. The van der Waals surface area contributed by atoms with Crippen molar-refractivity contribution in [2.45, 2.75) is 26.7 Å². The molecule has 0 unspecified atom stereocenters. The molecule has 0 aliphatic carbocycles. The summed E-state index contributed by atoms with van der Waals surface area (Å²) in [6.07, 6.45) is 2.38. The highest BCUT2D eigenvalue weighted by Crippen LogP contribution is 2.33. The van der Waals surface area contributed by atoms with Crippen molar-refractivity contribution in [2.75, 3.05) is 23.8 Å². The highest BCUT2D eigenvalue weighted by molar-refractivity contribution is 7.99. The normalized spacial score (nSPS) is 10.9. The van der Waals surface area contributed by atoms with Crippen molar-refractivity contribution in [3.63, 3.8) is 0 Å². The number of hydrogen-bond donors (Lipinski definition) is 2. The maximum atomic E-state index is 5.88. The quantitative estimate of drug-likeness (QED) is 0.220. The summed E-state index contributed by atoms with van der Waals surface area (Å²) in [5.41, 5.74) is 11.7. The van der Waals surface area contributed by atoms with Crippen LogP contribution in [0.4, 0.5) is 5.69 Å². The Labute approximate surface area is 183 Å². The van der Waals surface area contributed by atoms with Gasteiger partial charge in [-0.05, 0) is 79.3 Å². The third-order valence-corrected chi connectivity index (χ3v) is 6.13. The van der Waals surface area contributed by atoms with E-state index < -0.39 is 0 Å². The fraction of sp³-hybridized carbons (Fsp3) is 0.280. The van der Waals surface area contributed by atoms with Crippen molar-refractivity contribution in [1.82, 2.24) is 4.57 Å². The largest absolute Gasteiger partial charge is 0.399 e. The van der Waals surface area contributed by atoms with Crippen molar-refractivity contribution < 1.29 is 4.84 Å². The van der Waals surface area contributed by atoms with Crippen LogP contribution in [-0.4, -0.2) is 22.7 Å². The van der Waals surface area contributed by atoms with Gasteiger partial charge in [0.05, 0.1) is 17.6 Å². The van der Waals surface area contributed by atoms with E-state index in [-0.39, 0.29) is 0 Å². The van der Waals surface area contributed by atoms with E-state index in [1.807, 2.05) is 30.8 Å². The molecule has 0 saturated heterocycles. The number of nitrogens with zero attached hydrogens (tertiary/aromatic N) is 1.